The number of hydrogen-bond acceptors (Lipinski definition) is 4. The highest BCUT2D eigenvalue weighted by Gasteiger charge is 2.46. The molecule has 6 nitrogen and oxygen atoms in total. The maximum Gasteiger partial charge on any atom is 0.338 e. The summed E-state index contributed by atoms with van der Waals surface area (Å²) in [5.41, 5.74) is 2.28. The summed E-state index contributed by atoms with van der Waals surface area (Å²) in [6, 6.07) is 4.82. The molecule has 0 unspecified atom stereocenters. The number of nitrogens with zero attached hydrogens (tertiary/aromatic N) is 2. The van der Waals surface area contributed by atoms with Crippen molar-refractivity contribution in [3.05, 3.63) is 29.3 Å². The Morgan fingerprint density at radius 2 is 1.91 bits per heavy atom. The third-order valence-electron chi connectivity index (χ3n) is 4.31. The van der Waals surface area contributed by atoms with Gasteiger partial charge >= 0.3 is 17.8 Å². The summed E-state index contributed by atoms with van der Waals surface area (Å²) in [6.07, 6.45) is 2.62. The fourth-order valence-corrected chi connectivity index (χ4v) is 3.09. The summed E-state index contributed by atoms with van der Waals surface area (Å²) in [6.45, 7) is 4.53. The Morgan fingerprint density at radius 3 is 2.57 bits per heavy atom. The maximum absolute atomic E-state index is 12.6. The summed E-state index contributed by atoms with van der Waals surface area (Å²) >= 11 is 0. The number of imide groups is 2. The molecule has 2 fully saturated rings. The molecule has 0 N–H and O–H groups in total. The zero-order valence-corrected chi connectivity index (χ0v) is 13.4. The normalized spacial score (nSPS) is 22.2. The van der Waals surface area contributed by atoms with E-state index in [1.54, 1.807) is 6.07 Å². The van der Waals surface area contributed by atoms with Crippen LogP contribution in [0.25, 0.3) is 0 Å². The monoisotopic (exact) mass is 316 g/mol. The number of ether oxygens (including phenoxy) is 1. The lowest BCUT2D eigenvalue weighted by molar-refractivity contribution is -0.140. The van der Waals surface area contributed by atoms with Gasteiger partial charge in [-0.2, -0.15) is 0 Å². The Hall–Kier alpha value is -2.21. The summed E-state index contributed by atoms with van der Waals surface area (Å²) in [7, 11) is 0. The van der Waals surface area contributed by atoms with E-state index < -0.39 is 17.8 Å². The average molecular weight is 316 g/mol. The minimum absolute atomic E-state index is 0.144. The van der Waals surface area contributed by atoms with E-state index in [0.29, 0.717) is 12.3 Å². The SMILES string of the molecule is Cc1ccc(N2C(=O)C(=O)N(C[C@@H]3CCCCO3)C2=O)c(C)c1. The minimum atomic E-state index is -0.794. The van der Waals surface area contributed by atoms with E-state index in [-0.39, 0.29) is 12.6 Å². The highest BCUT2D eigenvalue weighted by atomic mass is 16.5. The van der Waals surface area contributed by atoms with Gasteiger partial charge in [-0.3, -0.25) is 14.5 Å². The van der Waals surface area contributed by atoms with E-state index in [1.165, 1.54) is 0 Å². The molecular formula is C17H20N2O4. The Balaban J connectivity index is 1.84. The highest BCUT2D eigenvalue weighted by Crippen LogP contribution is 2.27. The molecule has 122 valence electrons. The van der Waals surface area contributed by atoms with Gasteiger partial charge < -0.3 is 4.74 Å². The second-order valence-electron chi connectivity index (χ2n) is 6.12. The molecule has 0 radical (unpaired) electrons. The summed E-state index contributed by atoms with van der Waals surface area (Å²) < 4.78 is 5.58. The first kappa shape index (κ1) is 15.7. The molecule has 1 aromatic carbocycles. The number of benzene rings is 1. The number of urea groups is 1. The molecule has 2 aliphatic heterocycles. The van der Waals surface area contributed by atoms with Gasteiger partial charge in [-0.25, -0.2) is 9.69 Å². The van der Waals surface area contributed by atoms with Crippen LogP contribution in [0.3, 0.4) is 0 Å². The first-order valence-electron chi connectivity index (χ1n) is 7.88. The van der Waals surface area contributed by atoms with Gasteiger partial charge in [0.05, 0.1) is 18.3 Å². The Bertz CT molecular complexity index is 665. The standard InChI is InChI=1S/C17H20N2O4/c1-11-6-7-14(12(2)9-11)19-16(21)15(20)18(17(19)22)10-13-5-3-4-8-23-13/h6-7,9,13H,3-5,8,10H2,1-2H3/t13-/m0/s1. The summed E-state index contributed by atoms with van der Waals surface area (Å²) in [5, 5.41) is 0. The third-order valence-corrected chi connectivity index (χ3v) is 4.31. The number of hydrogen-bond donors (Lipinski definition) is 0. The second kappa shape index (κ2) is 6.12. The van der Waals surface area contributed by atoms with Crippen molar-refractivity contribution in [2.75, 3.05) is 18.1 Å². The van der Waals surface area contributed by atoms with Crippen LogP contribution in [0.2, 0.25) is 0 Å². The topological polar surface area (TPSA) is 66.9 Å². The molecule has 0 bridgehead atoms. The number of anilines is 1. The fraction of sp³-hybridized carbons (Fsp3) is 0.471. The van der Waals surface area contributed by atoms with Crippen LogP contribution < -0.4 is 4.90 Å². The lowest BCUT2D eigenvalue weighted by Crippen LogP contribution is -2.40. The quantitative estimate of drug-likeness (QED) is 0.633. The first-order valence-corrected chi connectivity index (χ1v) is 7.88. The van der Waals surface area contributed by atoms with Gasteiger partial charge in [0, 0.05) is 6.61 Å². The molecule has 0 saturated carbocycles. The summed E-state index contributed by atoms with van der Waals surface area (Å²) in [5.74, 6) is -1.57. The van der Waals surface area contributed by atoms with Crippen molar-refractivity contribution in [3.8, 4) is 0 Å². The second-order valence-corrected chi connectivity index (χ2v) is 6.12. The van der Waals surface area contributed by atoms with Crippen LogP contribution in [-0.2, 0) is 14.3 Å². The third kappa shape index (κ3) is 2.86. The molecule has 4 amide bonds. The van der Waals surface area contributed by atoms with E-state index in [1.807, 2.05) is 26.0 Å². The Morgan fingerprint density at radius 1 is 1.13 bits per heavy atom. The molecule has 6 heteroatoms. The predicted molar refractivity (Wildman–Crippen MR) is 84.1 cm³/mol. The van der Waals surface area contributed by atoms with Gasteiger partial charge in [-0.05, 0) is 44.7 Å². The molecule has 1 aromatic rings. The van der Waals surface area contributed by atoms with Gasteiger partial charge in [-0.15, -0.1) is 0 Å². The first-order chi connectivity index (χ1) is 11.0. The minimum Gasteiger partial charge on any atom is -0.376 e. The van der Waals surface area contributed by atoms with Crippen molar-refractivity contribution in [2.24, 2.45) is 0 Å². The van der Waals surface area contributed by atoms with Crippen LogP contribution in [0.4, 0.5) is 10.5 Å². The van der Waals surface area contributed by atoms with Crippen LogP contribution in [0.1, 0.15) is 30.4 Å². The molecule has 2 heterocycles. The lowest BCUT2D eigenvalue weighted by Gasteiger charge is -2.26. The van der Waals surface area contributed by atoms with Crippen molar-refractivity contribution < 1.29 is 19.1 Å². The van der Waals surface area contributed by atoms with Crippen LogP contribution in [0.15, 0.2) is 18.2 Å². The lowest BCUT2D eigenvalue weighted by atomic mass is 10.1. The fourth-order valence-electron chi connectivity index (χ4n) is 3.09. The smallest absolute Gasteiger partial charge is 0.338 e. The number of carbonyl (C=O) groups is 3. The van der Waals surface area contributed by atoms with Gasteiger partial charge in [0.2, 0.25) is 0 Å². The number of amides is 4. The molecule has 1 atom stereocenters. The molecule has 2 saturated heterocycles. The summed E-state index contributed by atoms with van der Waals surface area (Å²) in [4.78, 5) is 39.1. The van der Waals surface area contributed by atoms with E-state index in [2.05, 4.69) is 0 Å². The van der Waals surface area contributed by atoms with E-state index in [4.69, 9.17) is 4.74 Å². The van der Waals surface area contributed by atoms with Crippen LogP contribution in [0, 0.1) is 13.8 Å². The molecule has 3 rings (SSSR count). The van der Waals surface area contributed by atoms with Crippen molar-refractivity contribution in [3.63, 3.8) is 0 Å². The zero-order valence-electron chi connectivity index (χ0n) is 13.4. The molecular weight excluding hydrogens is 296 g/mol. The highest BCUT2D eigenvalue weighted by molar-refractivity contribution is 6.52. The van der Waals surface area contributed by atoms with Gasteiger partial charge in [0.25, 0.3) is 0 Å². The molecule has 2 aliphatic rings. The molecule has 0 aliphatic carbocycles. The number of carbonyl (C=O) groups excluding carboxylic acids is 3. The molecule has 23 heavy (non-hydrogen) atoms. The van der Waals surface area contributed by atoms with Crippen molar-refractivity contribution >= 4 is 23.5 Å². The molecule has 0 aromatic heterocycles. The maximum atomic E-state index is 12.6. The zero-order chi connectivity index (χ0) is 16.6. The van der Waals surface area contributed by atoms with E-state index >= 15 is 0 Å². The van der Waals surface area contributed by atoms with E-state index in [9.17, 15) is 14.4 Å². The van der Waals surface area contributed by atoms with Gasteiger partial charge in [-0.1, -0.05) is 17.7 Å². The number of aryl methyl sites for hydroxylation is 2. The van der Waals surface area contributed by atoms with Crippen LogP contribution in [-0.4, -0.2) is 42.0 Å². The van der Waals surface area contributed by atoms with Crippen molar-refractivity contribution in [1.82, 2.24) is 4.90 Å². The van der Waals surface area contributed by atoms with Gasteiger partial charge in [0.1, 0.15) is 0 Å². The van der Waals surface area contributed by atoms with Gasteiger partial charge in [0.15, 0.2) is 0 Å². The Labute approximate surface area is 135 Å². The van der Waals surface area contributed by atoms with Crippen LogP contribution >= 0.6 is 0 Å². The van der Waals surface area contributed by atoms with Crippen molar-refractivity contribution in [2.45, 2.75) is 39.2 Å². The largest absolute Gasteiger partial charge is 0.376 e. The Kier molecular flexibility index (Phi) is 4.17. The number of rotatable bonds is 3. The van der Waals surface area contributed by atoms with E-state index in [0.717, 1.165) is 40.2 Å². The van der Waals surface area contributed by atoms with Crippen LogP contribution in [0.5, 0.6) is 0 Å². The predicted octanol–water partition coefficient (Wildman–Crippen LogP) is 2.17. The molecule has 0 spiro atoms. The average Bonchev–Trinajstić information content (AvgIpc) is 2.73. The van der Waals surface area contributed by atoms with Crippen molar-refractivity contribution in [1.29, 1.82) is 0 Å².